The van der Waals surface area contributed by atoms with Crippen molar-refractivity contribution in [3.8, 4) is 11.1 Å². The van der Waals surface area contributed by atoms with Crippen LogP contribution in [0.4, 0.5) is 5.69 Å². The monoisotopic (exact) mass is 337 g/mol. The van der Waals surface area contributed by atoms with Crippen LogP contribution in [0.1, 0.15) is 32.1 Å². The summed E-state index contributed by atoms with van der Waals surface area (Å²) in [6, 6.07) is 8.27. The highest BCUT2D eigenvalue weighted by Crippen LogP contribution is 2.40. The molecule has 0 unspecified atom stereocenters. The predicted molar refractivity (Wildman–Crippen MR) is 100 cm³/mol. The molecule has 0 amide bonds. The third kappa shape index (κ3) is 2.75. The lowest BCUT2D eigenvalue weighted by Gasteiger charge is -2.45. The lowest BCUT2D eigenvalue weighted by molar-refractivity contribution is 0.305. The SMILES string of the molecule is Cn1cc(-c2cccc(N3C(N)=NC(N)=NC34CCCCC4)c2)cn1. The molecular weight excluding hydrogens is 314 g/mol. The number of rotatable bonds is 2. The molecule has 1 aliphatic heterocycles. The first kappa shape index (κ1) is 15.7. The number of hydrogen-bond acceptors (Lipinski definition) is 6. The van der Waals surface area contributed by atoms with Crippen LogP contribution < -0.4 is 16.4 Å². The van der Waals surface area contributed by atoms with Crippen molar-refractivity contribution >= 4 is 17.6 Å². The van der Waals surface area contributed by atoms with E-state index >= 15 is 0 Å². The van der Waals surface area contributed by atoms with Crippen molar-refractivity contribution in [2.75, 3.05) is 4.90 Å². The molecule has 1 aliphatic carbocycles. The van der Waals surface area contributed by atoms with Gasteiger partial charge >= 0.3 is 0 Å². The number of aryl methyl sites for hydroxylation is 1. The summed E-state index contributed by atoms with van der Waals surface area (Å²) < 4.78 is 1.80. The quantitative estimate of drug-likeness (QED) is 0.877. The average molecular weight is 337 g/mol. The Hall–Kier alpha value is -2.83. The van der Waals surface area contributed by atoms with E-state index < -0.39 is 5.66 Å². The van der Waals surface area contributed by atoms with Gasteiger partial charge in [0.05, 0.1) is 6.20 Å². The lowest BCUT2D eigenvalue weighted by Crippen LogP contribution is -2.58. The predicted octanol–water partition coefficient (Wildman–Crippen LogP) is 2.20. The van der Waals surface area contributed by atoms with Crippen LogP contribution in [0.15, 0.2) is 46.6 Å². The van der Waals surface area contributed by atoms with Gasteiger partial charge in [-0.05, 0) is 43.4 Å². The van der Waals surface area contributed by atoms with Gasteiger partial charge < -0.3 is 11.5 Å². The zero-order valence-electron chi connectivity index (χ0n) is 14.4. The molecule has 0 bridgehead atoms. The van der Waals surface area contributed by atoms with Gasteiger partial charge in [-0.1, -0.05) is 18.6 Å². The van der Waals surface area contributed by atoms with Gasteiger partial charge in [-0.25, -0.2) is 4.99 Å². The summed E-state index contributed by atoms with van der Waals surface area (Å²) >= 11 is 0. The molecule has 2 aromatic rings. The van der Waals surface area contributed by atoms with E-state index in [2.05, 4.69) is 33.2 Å². The van der Waals surface area contributed by atoms with Crippen molar-refractivity contribution in [2.24, 2.45) is 28.5 Å². The summed E-state index contributed by atoms with van der Waals surface area (Å²) in [5.41, 5.74) is 15.0. The van der Waals surface area contributed by atoms with E-state index in [0.29, 0.717) is 5.96 Å². The van der Waals surface area contributed by atoms with Crippen molar-refractivity contribution < 1.29 is 0 Å². The Morgan fingerprint density at radius 1 is 1.08 bits per heavy atom. The smallest absolute Gasteiger partial charge is 0.220 e. The molecule has 1 fully saturated rings. The molecular formula is C18H23N7. The van der Waals surface area contributed by atoms with E-state index in [1.807, 2.05) is 25.5 Å². The van der Waals surface area contributed by atoms with Gasteiger partial charge in [0, 0.05) is 24.5 Å². The number of aromatic nitrogens is 2. The highest BCUT2D eigenvalue weighted by molar-refractivity contribution is 6.05. The first-order chi connectivity index (χ1) is 12.1. The largest absolute Gasteiger partial charge is 0.369 e. The zero-order chi connectivity index (χ0) is 17.4. The molecule has 1 aromatic heterocycles. The summed E-state index contributed by atoms with van der Waals surface area (Å²) in [5, 5.41) is 4.26. The highest BCUT2D eigenvalue weighted by atomic mass is 15.4. The van der Waals surface area contributed by atoms with Gasteiger partial charge in [0.25, 0.3) is 0 Å². The Labute approximate surface area is 147 Å². The molecule has 2 aliphatic rings. The minimum Gasteiger partial charge on any atom is -0.369 e. The van der Waals surface area contributed by atoms with Crippen molar-refractivity contribution in [1.82, 2.24) is 9.78 Å². The zero-order valence-corrected chi connectivity index (χ0v) is 14.4. The van der Waals surface area contributed by atoms with Crippen molar-refractivity contribution in [3.63, 3.8) is 0 Å². The Morgan fingerprint density at radius 3 is 2.60 bits per heavy atom. The van der Waals surface area contributed by atoms with E-state index in [4.69, 9.17) is 16.5 Å². The third-order valence-corrected chi connectivity index (χ3v) is 4.99. The number of guanidine groups is 2. The number of benzene rings is 1. The molecule has 130 valence electrons. The number of hydrogen-bond donors (Lipinski definition) is 2. The lowest BCUT2D eigenvalue weighted by atomic mass is 9.87. The van der Waals surface area contributed by atoms with Gasteiger partial charge in [0.15, 0.2) is 0 Å². The second-order valence-electron chi connectivity index (χ2n) is 6.77. The Balaban J connectivity index is 1.78. The number of aliphatic imine (C=N–C) groups is 2. The fraction of sp³-hybridized carbons (Fsp3) is 0.389. The molecule has 4 rings (SSSR count). The summed E-state index contributed by atoms with van der Waals surface area (Å²) in [7, 11) is 1.91. The first-order valence-corrected chi connectivity index (χ1v) is 8.66. The molecule has 1 spiro atoms. The first-order valence-electron chi connectivity index (χ1n) is 8.66. The van der Waals surface area contributed by atoms with E-state index in [1.54, 1.807) is 4.68 Å². The molecule has 0 atom stereocenters. The summed E-state index contributed by atoms with van der Waals surface area (Å²) in [5.74, 6) is 0.691. The number of anilines is 1. The maximum atomic E-state index is 6.30. The second-order valence-corrected chi connectivity index (χ2v) is 6.77. The van der Waals surface area contributed by atoms with Gasteiger partial charge in [-0.3, -0.25) is 9.58 Å². The Bertz CT molecular complexity index is 843. The van der Waals surface area contributed by atoms with E-state index in [0.717, 1.165) is 42.5 Å². The highest BCUT2D eigenvalue weighted by Gasteiger charge is 2.42. The molecule has 4 N–H and O–H groups in total. The molecule has 2 heterocycles. The standard InChI is InChI=1S/C18H23N7/c1-24-12-14(11-21-24)13-6-5-7-15(10-13)25-17(20)22-16(19)23-18(25)8-3-2-4-9-18/h5-7,10-12H,2-4,8-9H2,1H3,(H4,19,20,22,23). The molecule has 0 radical (unpaired) electrons. The minimum atomic E-state index is -0.415. The van der Waals surface area contributed by atoms with Crippen molar-refractivity contribution in [3.05, 3.63) is 36.7 Å². The second kappa shape index (κ2) is 5.91. The van der Waals surface area contributed by atoms with Crippen LogP contribution in [0.3, 0.4) is 0 Å². The van der Waals surface area contributed by atoms with E-state index in [-0.39, 0.29) is 5.96 Å². The molecule has 7 nitrogen and oxygen atoms in total. The molecule has 25 heavy (non-hydrogen) atoms. The van der Waals surface area contributed by atoms with Crippen molar-refractivity contribution in [2.45, 2.75) is 37.8 Å². The molecule has 0 saturated heterocycles. The minimum absolute atomic E-state index is 0.277. The van der Waals surface area contributed by atoms with Crippen molar-refractivity contribution in [1.29, 1.82) is 0 Å². The fourth-order valence-corrected chi connectivity index (χ4v) is 3.89. The molecule has 1 saturated carbocycles. The number of nitrogens with two attached hydrogens (primary N) is 2. The average Bonchev–Trinajstić information content (AvgIpc) is 3.01. The summed E-state index contributed by atoms with van der Waals surface area (Å²) in [6.07, 6.45) is 9.17. The van der Waals surface area contributed by atoms with E-state index in [9.17, 15) is 0 Å². The normalized spacial score (nSPS) is 19.6. The number of nitrogens with zero attached hydrogens (tertiary/aromatic N) is 5. The van der Waals surface area contributed by atoms with Gasteiger partial charge in [0.1, 0.15) is 5.66 Å². The molecule has 1 aromatic carbocycles. The van der Waals surface area contributed by atoms with Gasteiger partial charge in [-0.2, -0.15) is 10.1 Å². The molecule has 7 heteroatoms. The van der Waals surface area contributed by atoms with Crippen LogP contribution in [0.25, 0.3) is 11.1 Å². The van der Waals surface area contributed by atoms with Crippen LogP contribution in [-0.2, 0) is 7.05 Å². The van der Waals surface area contributed by atoms with Crippen LogP contribution in [0, 0.1) is 0 Å². The van der Waals surface area contributed by atoms with Crippen LogP contribution >= 0.6 is 0 Å². The van der Waals surface area contributed by atoms with Gasteiger partial charge in [-0.15, -0.1) is 0 Å². The van der Waals surface area contributed by atoms with Gasteiger partial charge in [0.2, 0.25) is 11.9 Å². The fourth-order valence-electron chi connectivity index (χ4n) is 3.89. The Morgan fingerprint density at radius 2 is 1.88 bits per heavy atom. The maximum Gasteiger partial charge on any atom is 0.220 e. The maximum absolute atomic E-state index is 6.30. The van der Waals surface area contributed by atoms with Crippen LogP contribution in [0.2, 0.25) is 0 Å². The Kier molecular flexibility index (Phi) is 3.71. The topological polar surface area (TPSA) is 97.8 Å². The van der Waals surface area contributed by atoms with Crippen LogP contribution in [-0.4, -0.2) is 27.4 Å². The third-order valence-electron chi connectivity index (χ3n) is 4.99. The summed E-state index contributed by atoms with van der Waals surface area (Å²) in [6.45, 7) is 0. The van der Waals surface area contributed by atoms with Crippen LogP contribution in [0.5, 0.6) is 0 Å². The van der Waals surface area contributed by atoms with E-state index in [1.165, 1.54) is 6.42 Å². The summed E-state index contributed by atoms with van der Waals surface area (Å²) in [4.78, 5) is 11.0.